The molecule has 1 unspecified atom stereocenters. The summed E-state index contributed by atoms with van der Waals surface area (Å²) >= 11 is 0. The van der Waals surface area contributed by atoms with Crippen molar-refractivity contribution in [3.63, 3.8) is 0 Å². The standard InChI is InChI=1S/C7H9NO/c8-5-1-3-7-4-2-6-9-7/h1,3,7H,2,4,6H2. The highest BCUT2D eigenvalue weighted by Crippen LogP contribution is 2.12. The average Bonchev–Trinajstić information content (AvgIpc) is 2.34. The Kier molecular flexibility index (Phi) is 2.29. The van der Waals surface area contributed by atoms with E-state index in [1.54, 1.807) is 0 Å². The smallest absolute Gasteiger partial charge is 0.0909 e. The van der Waals surface area contributed by atoms with Gasteiger partial charge in [-0.3, -0.25) is 0 Å². The molecule has 0 saturated carbocycles. The van der Waals surface area contributed by atoms with Gasteiger partial charge in [0.05, 0.1) is 12.2 Å². The van der Waals surface area contributed by atoms with Crippen LogP contribution in [0.2, 0.25) is 0 Å². The molecular formula is C7H9NO. The van der Waals surface area contributed by atoms with Crippen LogP contribution in [0.1, 0.15) is 12.8 Å². The van der Waals surface area contributed by atoms with Gasteiger partial charge in [-0.15, -0.1) is 0 Å². The number of nitriles is 1. The molecule has 0 aromatic rings. The molecule has 1 aliphatic heterocycles. The summed E-state index contributed by atoms with van der Waals surface area (Å²) in [6.07, 6.45) is 5.70. The lowest BCUT2D eigenvalue weighted by Crippen LogP contribution is -1.97. The highest BCUT2D eigenvalue weighted by molar-refractivity contribution is 5.05. The molecular weight excluding hydrogens is 114 g/mol. The number of rotatable bonds is 1. The van der Waals surface area contributed by atoms with E-state index < -0.39 is 0 Å². The van der Waals surface area contributed by atoms with Gasteiger partial charge in [-0.2, -0.15) is 5.26 Å². The predicted octanol–water partition coefficient (Wildman–Crippen LogP) is 1.25. The third-order valence-corrected chi connectivity index (χ3v) is 1.35. The highest BCUT2D eigenvalue weighted by Gasteiger charge is 2.10. The van der Waals surface area contributed by atoms with Gasteiger partial charge < -0.3 is 4.74 Å². The monoisotopic (exact) mass is 123 g/mol. The van der Waals surface area contributed by atoms with Crippen LogP contribution < -0.4 is 0 Å². The molecule has 2 nitrogen and oxygen atoms in total. The molecule has 0 spiro atoms. The summed E-state index contributed by atoms with van der Waals surface area (Å²) in [7, 11) is 0. The van der Waals surface area contributed by atoms with Gasteiger partial charge in [-0.1, -0.05) is 0 Å². The van der Waals surface area contributed by atoms with Crippen molar-refractivity contribution >= 4 is 0 Å². The molecule has 0 N–H and O–H groups in total. The lowest BCUT2D eigenvalue weighted by Gasteiger charge is -1.97. The van der Waals surface area contributed by atoms with Crippen LogP contribution in [0, 0.1) is 11.3 Å². The third kappa shape index (κ3) is 1.87. The Balaban J connectivity index is 2.28. The van der Waals surface area contributed by atoms with Crippen molar-refractivity contribution in [2.45, 2.75) is 18.9 Å². The van der Waals surface area contributed by atoms with E-state index in [1.165, 1.54) is 6.08 Å². The van der Waals surface area contributed by atoms with Gasteiger partial charge in [0.15, 0.2) is 0 Å². The SMILES string of the molecule is N#CC=CC1CCCO1. The van der Waals surface area contributed by atoms with E-state index in [2.05, 4.69) is 0 Å². The molecule has 0 aliphatic carbocycles. The van der Waals surface area contributed by atoms with Crippen molar-refractivity contribution in [1.82, 2.24) is 0 Å². The molecule has 0 bridgehead atoms. The fourth-order valence-corrected chi connectivity index (χ4v) is 0.905. The summed E-state index contributed by atoms with van der Waals surface area (Å²) in [6.45, 7) is 0.848. The molecule has 1 fully saturated rings. The van der Waals surface area contributed by atoms with Crippen LogP contribution in [0.5, 0.6) is 0 Å². The minimum Gasteiger partial charge on any atom is -0.374 e. The largest absolute Gasteiger partial charge is 0.374 e. The highest BCUT2D eigenvalue weighted by atomic mass is 16.5. The molecule has 0 amide bonds. The number of nitrogens with zero attached hydrogens (tertiary/aromatic N) is 1. The zero-order valence-electron chi connectivity index (χ0n) is 5.21. The Morgan fingerprint density at radius 1 is 1.67 bits per heavy atom. The van der Waals surface area contributed by atoms with E-state index in [9.17, 15) is 0 Å². The summed E-state index contributed by atoms with van der Waals surface area (Å²) < 4.78 is 5.22. The van der Waals surface area contributed by atoms with Crippen LogP contribution in [0.4, 0.5) is 0 Å². The van der Waals surface area contributed by atoms with Crippen molar-refractivity contribution < 1.29 is 4.74 Å². The third-order valence-electron chi connectivity index (χ3n) is 1.35. The number of hydrogen-bond acceptors (Lipinski definition) is 2. The van der Waals surface area contributed by atoms with E-state index in [0.29, 0.717) is 0 Å². The van der Waals surface area contributed by atoms with E-state index in [0.717, 1.165) is 19.4 Å². The topological polar surface area (TPSA) is 33.0 Å². The van der Waals surface area contributed by atoms with Crippen molar-refractivity contribution in [1.29, 1.82) is 5.26 Å². The molecule has 1 heterocycles. The van der Waals surface area contributed by atoms with E-state index in [-0.39, 0.29) is 6.10 Å². The van der Waals surface area contributed by atoms with Crippen LogP contribution >= 0.6 is 0 Å². The van der Waals surface area contributed by atoms with Gasteiger partial charge in [0.1, 0.15) is 0 Å². The van der Waals surface area contributed by atoms with Gasteiger partial charge in [-0.25, -0.2) is 0 Å². The second kappa shape index (κ2) is 3.26. The normalized spacial score (nSPS) is 26.8. The second-order valence-electron chi connectivity index (χ2n) is 2.04. The molecule has 0 radical (unpaired) electrons. The van der Waals surface area contributed by atoms with E-state index in [4.69, 9.17) is 10.00 Å². The zero-order chi connectivity index (χ0) is 6.53. The fourth-order valence-electron chi connectivity index (χ4n) is 0.905. The molecule has 2 heteroatoms. The van der Waals surface area contributed by atoms with Crippen molar-refractivity contribution in [3.05, 3.63) is 12.2 Å². The first-order valence-electron chi connectivity index (χ1n) is 3.11. The number of ether oxygens (including phenoxy) is 1. The molecule has 1 atom stereocenters. The van der Waals surface area contributed by atoms with Gasteiger partial charge in [0.2, 0.25) is 0 Å². The number of hydrogen-bond donors (Lipinski definition) is 0. The van der Waals surface area contributed by atoms with Gasteiger partial charge >= 0.3 is 0 Å². The molecule has 1 saturated heterocycles. The van der Waals surface area contributed by atoms with Gasteiger partial charge in [-0.05, 0) is 18.9 Å². The predicted molar refractivity (Wildman–Crippen MR) is 33.7 cm³/mol. The first-order chi connectivity index (χ1) is 4.43. The Morgan fingerprint density at radius 2 is 2.56 bits per heavy atom. The van der Waals surface area contributed by atoms with Crippen molar-refractivity contribution in [3.8, 4) is 6.07 Å². The Bertz CT molecular complexity index is 139. The first kappa shape index (κ1) is 6.31. The van der Waals surface area contributed by atoms with Crippen LogP contribution in [-0.2, 0) is 4.74 Å². The first-order valence-corrected chi connectivity index (χ1v) is 3.11. The molecule has 1 aliphatic rings. The molecule has 0 aromatic heterocycles. The van der Waals surface area contributed by atoms with Gasteiger partial charge in [0.25, 0.3) is 0 Å². The van der Waals surface area contributed by atoms with Crippen molar-refractivity contribution in [2.75, 3.05) is 6.61 Å². The van der Waals surface area contributed by atoms with Crippen LogP contribution in [0.3, 0.4) is 0 Å². The minimum atomic E-state index is 0.213. The van der Waals surface area contributed by atoms with Gasteiger partial charge in [0, 0.05) is 12.7 Å². The fraction of sp³-hybridized carbons (Fsp3) is 0.571. The van der Waals surface area contributed by atoms with E-state index >= 15 is 0 Å². The Morgan fingerprint density at radius 3 is 3.11 bits per heavy atom. The maximum absolute atomic E-state index is 8.13. The summed E-state index contributed by atoms with van der Waals surface area (Å²) in [5, 5.41) is 8.13. The Labute approximate surface area is 54.7 Å². The number of allylic oxidation sites excluding steroid dienone is 1. The molecule has 48 valence electrons. The van der Waals surface area contributed by atoms with Crippen LogP contribution in [0.25, 0.3) is 0 Å². The van der Waals surface area contributed by atoms with E-state index in [1.807, 2.05) is 12.1 Å². The van der Waals surface area contributed by atoms with Crippen molar-refractivity contribution in [2.24, 2.45) is 0 Å². The molecule has 9 heavy (non-hydrogen) atoms. The van der Waals surface area contributed by atoms with Crippen LogP contribution in [-0.4, -0.2) is 12.7 Å². The zero-order valence-corrected chi connectivity index (χ0v) is 5.21. The molecule has 1 rings (SSSR count). The quantitative estimate of drug-likeness (QED) is 0.491. The second-order valence-corrected chi connectivity index (χ2v) is 2.04. The maximum Gasteiger partial charge on any atom is 0.0909 e. The summed E-state index contributed by atoms with van der Waals surface area (Å²) in [4.78, 5) is 0. The summed E-state index contributed by atoms with van der Waals surface area (Å²) in [5.41, 5.74) is 0. The lowest BCUT2D eigenvalue weighted by molar-refractivity contribution is 0.145. The Hall–Kier alpha value is -0.810. The minimum absolute atomic E-state index is 0.213. The average molecular weight is 123 g/mol. The maximum atomic E-state index is 8.13. The summed E-state index contributed by atoms with van der Waals surface area (Å²) in [5.74, 6) is 0. The lowest BCUT2D eigenvalue weighted by atomic mass is 10.2. The molecule has 0 aromatic carbocycles. The summed E-state index contributed by atoms with van der Waals surface area (Å²) in [6, 6.07) is 1.93. The van der Waals surface area contributed by atoms with Crippen LogP contribution in [0.15, 0.2) is 12.2 Å².